The van der Waals surface area contributed by atoms with Gasteiger partial charge in [0.05, 0.1) is 0 Å². The monoisotopic (exact) mass is 445 g/mol. The smallest absolute Gasteiger partial charge is 0.411 e. The van der Waals surface area contributed by atoms with Gasteiger partial charge in [0.1, 0.15) is 18.7 Å². The second-order valence-corrected chi connectivity index (χ2v) is 7.95. The number of hydrogen-bond donors (Lipinski definition) is 1. The van der Waals surface area contributed by atoms with Crippen LogP contribution < -0.4 is 0 Å². The third kappa shape index (κ3) is 5.23. The molecule has 0 aliphatic carbocycles. The Kier molecular flexibility index (Phi) is 7.37. The molecule has 0 aromatic heterocycles. The predicted molar refractivity (Wildman–Crippen MR) is 123 cm³/mol. The van der Waals surface area contributed by atoms with E-state index in [2.05, 4.69) is 0 Å². The van der Waals surface area contributed by atoms with Gasteiger partial charge in [-0.15, -0.1) is 0 Å². The maximum absolute atomic E-state index is 13.5. The Labute approximate surface area is 193 Å². The first-order valence-electron chi connectivity index (χ1n) is 11.1. The van der Waals surface area contributed by atoms with Crippen molar-refractivity contribution in [3.63, 3.8) is 0 Å². The van der Waals surface area contributed by atoms with Crippen LogP contribution in [0.3, 0.4) is 0 Å². The number of morpholine rings is 1. The summed E-state index contributed by atoms with van der Waals surface area (Å²) in [6, 6.07) is 26.9. The fourth-order valence-corrected chi connectivity index (χ4v) is 4.18. The fourth-order valence-electron chi connectivity index (χ4n) is 4.18. The van der Waals surface area contributed by atoms with Crippen molar-refractivity contribution in [2.24, 2.45) is 0 Å². The van der Waals surface area contributed by atoms with Crippen molar-refractivity contribution in [2.45, 2.75) is 37.6 Å². The van der Waals surface area contributed by atoms with E-state index in [1.165, 1.54) is 4.90 Å². The molecule has 33 heavy (non-hydrogen) atoms. The van der Waals surface area contributed by atoms with E-state index in [9.17, 15) is 14.7 Å². The summed E-state index contributed by atoms with van der Waals surface area (Å²) in [7, 11) is 0. The third-order valence-corrected chi connectivity index (χ3v) is 5.76. The summed E-state index contributed by atoms with van der Waals surface area (Å²) < 4.78 is 11.6. The number of aliphatic hydroxyl groups excluding tert-OH is 1. The molecule has 6 nitrogen and oxygen atoms in total. The number of carbonyl (C=O) groups is 2. The highest BCUT2D eigenvalue weighted by molar-refractivity contribution is 5.83. The summed E-state index contributed by atoms with van der Waals surface area (Å²) in [6.07, 6.45) is -0.635. The predicted octanol–water partition coefficient (Wildman–Crippen LogP) is 4.81. The van der Waals surface area contributed by atoms with Crippen LogP contribution in [0.5, 0.6) is 0 Å². The first-order valence-corrected chi connectivity index (χ1v) is 11.1. The van der Waals surface area contributed by atoms with Crippen molar-refractivity contribution in [3.8, 4) is 0 Å². The molecular formula is C27H27NO5. The van der Waals surface area contributed by atoms with Gasteiger partial charge in [0, 0.05) is 6.61 Å². The lowest BCUT2D eigenvalue weighted by atomic mass is 9.90. The van der Waals surface area contributed by atoms with Crippen molar-refractivity contribution >= 4 is 12.1 Å². The number of cyclic esters (lactones) is 1. The molecule has 6 heteroatoms. The molecule has 1 aliphatic heterocycles. The van der Waals surface area contributed by atoms with E-state index in [1.54, 1.807) is 0 Å². The Morgan fingerprint density at radius 1 is 0.879 bits per heavy atom. The standard InChI is InChI=1S/C27H27NO5/c29-18-10-17-23-26(30)33-25(22-15-8-3-9-16-22)24(21-13-6-2-7-14-21)28(23)27(31)32-19-20-11-4-1-5-12-20/h1-9,11-16,23-25,29H,10,17-19H2/t23-,24-,25+/m0/s1. The number of aliphatic hydroxyl groups is 1. The van der Waals surface area contributed by atoms with Gasteiger partial charge >= 0.3 is 12.1 Å². The highest BCUT2D eigenvalue weighted by Gasteiger charge is 2.48. The SMILES string of the molecule is O=C1O[C@H](c2ccccc2)[C@H](c2ccccc2)N(C(=O)OCc2ccccc2)[C@H]1CCCO. The highest BCUT2D eigenvalue weighted by Crippen LogP contribution is 2.43. The van der Waals surface area contributed by atoms with E-state index in [0.29, 0.717) is 6.42 Å². The van der Waals surface area contributed by atoms with Gasteiger partial charge in [-0.1, -0.05) is 91.0 Å². The van der Waals surface area contributed by atoms with E-state index >= 15 is 0 Å². The van der Waals surface area contributed by atoms with Gasteiger partial charge in [-0.25, -0.2) is 9.59 Å². The van der Waals surface area contributed by atoms with E-state index in [-0.39, 0.29) is 19.6 Å². The lowest BCUT2D eigenvalue weighted by Crippen LogP contribution is -2.54. The Balaban J connectivity index is 1.72. The van der Waals surface area contributed by atoms with Gasteiger partial charge in [-0.3, -0.25) is 4.90 Å². The van der Waals surface area contributed by atoms with E-state index in [4.69, 9.17) is 9.47 Å². The number of nitrogens with zero attached hydrogens (tertiary/aromatic N) is 1. The molecule has 3 aromatic rings. The van der Waals surface area contributed by atoms with Crippen molar-refractivity contribution in [1.29, 1.82) is 0 Å². The van der Waals surface area contributed by atoms with E-state index < -0.39 is 30.3 Å². The Morgan fingerprint density at radius 2 is 1.45 bits per heavy atom. The topological polar surface area (TPSA) is 76.1 Å². The molecule has 0 unspecified atom stereocenters. The van der Waals surface area contributed by atoms with Gasteiger partial charge in [0.2, 0.25) is 0 Å². The zero-order chi connectivity index (χ0) is 23.0. The van der Waals surface area contributed by atoms with Gasteiger partial charge in [0.15, 0.2) is 6.10 Å². The van der Waals surface area contributed by atoms with Gasteiger partial charge < -0.3 is 14.6 Å². The molecule has 1 aliphatic rings. The lowest BCUT2D eigenvalue weighted by molar-refractivity contribution is -0.173. The number of hydrogen-bond acceptors (Lipinski definition) is 5. The summed E-state index contributed by atoms with van der Waals surface area (Å²) in [5.41, 5.74) is 2.49. The molecule has 3 aromatic carbocycles. The van der Waals surface area contributed by atoms with E-state index in [1.807, 2.05) is 91.0 Å². The zero-order valence-electron chi connectivity index (χ0n) is 18.2. The van der Waals surface area contributed by atoms with Crippen LogP contribution in [0.1, 0.15) is 41.7 Å². The quantitative estimate of drug-likeness (QED) is 0.529. The number of ether oxygens (including phenoxy) is 2. The summed E-state index contributed by atoms with van der Waals surface area (Å²) in [5, 5.41) is 9.39. The molecular weight excluding hydrogens is 418 g/mol. The Morgan fingerprint density at radius 3 is 2.06 bits per heavy atom. The summed E-state index contributed by atoms with van der Waals surface area (Å²) in [5.74, 6) is -0.499. The molecule has 0 spiro atoms. The van der Waals surface area contributed by atoms with Crippen molar-refractivity contribution in [2.75, 3.05) is 6.61 Å². The van der Waals surface area contributed by atoms with Crippen LogP contribution in [0.4, 0.5) is 4.79 Å². The van der Waals surface area contributed by atoms with Gasteiger partial charge in [0.25, 0.3) is 0 Å². The molecule has 1 saturated heterocycles. The van der Waals surface area contributed by atoms with E-state index in [0.717, 1.165) is 16.7 Å². The first-order chi connectivity index (χ1) is 16.2. The number of amides is 1. The minimum atomic E-state index is -0.856. The number of carbonyl (C=O) groups excluding carboxylic acids is 2. The van der Waals surface area contributed by atoms with Crippen molar-refractivity contribution in [1.82, 2.24) is 4.90 Å². The average molecular weight is 446 g/mol. The van der Waals surface area contributed by atoms with Crippen LogP contribution in [-0.2, 0) is 20.9 Å². The average Bonchev–Trinajstić information content (AvgIpc) is 2.87. The molecule has 0 bridgehead atoms. The third-order valence-electron chi connectivity index (χ3n) is 5.76. The lowest BCUT2D eigenvalue weighted by Gasteiger charge is -2.44. The number of esters is 1. The molecule has 0 radical (unpaired) electrons. The normalized spacial score (nSPS) is 20.2. The Bertz CT molecular complexity index is 1040. The van der Waals surface area contributed by atoms with Crippen LogP contribution in [-0.4, -0.2) is 34.7 Å². The molecule has 0 saturated carbocycles. The fraction of sp³-hybridized carbons (Fsp3) is 0.259. The van der Waals surface area contributed by atoms with Crippen molar-refractivity contribution in [3.05, 3.63) is 108 Å². The van der Waals surface area contributed by atoms with Gasteiger partial charge in [-0.05, 0) is 29.5 Å². The maximum Gasteiger partial charge on any atom is 0.411 e. The summed E-state index contributed by atoms with van der Waals surface area (Å²) in [6.45, 7) is 0.00422. The minimum absolute atomic E-state index is 0.0885. The molecule has 170 valence electrons. The van der Waals surface area contributed by atoms with Crippen LogP contribution >= 0.6 is 0 Å². The second kappa shape index (κ2) is 10.8. The van der Waals surface area contributed by atoms with Crippen LogP contribution in [0.2, 0.25) is 0 Å². The summed E-state index contributed by atoms with van der Waals surface area (Å²) in [4.78, 5) is 28.1. The molecule has 4 rings (SSSR count). The molecule has 1 N–H and O–H groups in total. The van der Waals surface area contributed by atoms with Crippen LogP contribution in [0, 0.1) is 0 Å². The first kappa shape index (κ1) is 22.6. The minimum Gasteiger partial charge on any atom is -0.453 e. The number of rotatable bonds is 7. The van der Waals surface area contributed by atoms with Crippen LogP contribution in [0.15, 0.2) is 91.0 Å². The largest absolute Gasteiger partial charge is 0.453 e. The van der Waals surface area contributed by atoms with Crippen LogP contribution in [0.25, 0.3) is 0 Å². The molecule has 1 amide bonds. The molecule has 3 atom stereocenters. The molecule has 1 fully saturated rings. The maximum atomic E-state index is 13.5. The Hall–Kier alpha value is -3.64. The van der Waals surface area contributed by atoms with Gasteiger partial charge in [-0.2, -0.15) is 0 Å². The molecule has 1 heterocycles. The zero-order valence-corrected chi connectivity index (χ0v) is 18.2. The second-order valence-electron chi connectivity index (χ2n) is 7.95. The summed E-state index contributed by atoms with van der Waals surface area (Å²) >= 11 is 0. The highest BCUT2D eigenvalue weighted by atomic mass is 16.6. The van der Waals surface area contributed by atoms with Crippen molar-refractivity contribution < 1.29 is 24.2 Å². The number of benzene rings is 3.